The van der Waals surface area contributed by atoms with Gasteiger partial charge in [-0.3, -0.25) is 15.1 Å². The zero-order chi connectivity index (χ0) is 35.0. The van der Waals surface area contributed by atoms with E-state index < -0.39 is 18.6 Å². The van der Waals surface area contributed by atoms with Crippen LogP contribution in [0.1, 0.15) is 46.2 Å². The number of nitrogens with one attached hydrogen (secondary N) is 1. The van der Waals surface area contributed by atoms with Gasteiger partial charge in [-0.05, 0) is 91.2 Å². The highest BCUT2D eigenvalue weighted by Gasteiger charge is 2.25. The van der Waals surface area contributed by atoms with Gasteiger partial charge in [-0.1, -0.05) is 36.4 Å². The van der Waals surface area contributed by atoms with Crippen molar-refractivity contribution in [3.63, 3.8) is 0 Å². The number of aromatic nitrogens is 1. The van der Waals surface area contributed by atoms with Crippen LogP contribution in [-0.4, -0.2) is 82.6 Å². The fourth-order valence-electron chi connectivity index (χ4n) is 7.04. The molecule has 264 valence electrons. The number of nitrogens with zero attached hydrogens (tertiary/aromatic N) is 3. The number of aliphatic hydroxyl groups excluding tert-OH is 2. The van der Waals surface area contributed by atoms with Gasteiger partial charge in [-0.2, -0.15) is 0 Å². The number of hydrogen-bond donors (Lipinski definition) is 4. The number of β-amino-alcohol motifs (C(OH)–C–C–N with tert-alkyl or cyclic N) is 1. The first kappa shape index (κ1) is 35.3. The number of carboxylic acid groups (broad SMARTS) is 1. The number of aliphatic carboxylic acids is 1. The van der Waals surface area contributed by atoms with Gasteiger partial charge in [0, 0.05) is 68.0 Å². The number of fused-ring (bicyclic) bond motifs is 1. The minimum atomic E-state index is -1.12. The fourth-order valence-corrected chi connectivity index (χ4v) is 7.04. The lowest BCUT2D eigenvalue weighted by Crippen LogP contribution is -2.39. The zero-order valence-electron chi connectivity index (χ0n) is 29.0. The molecule has 50 heavy (non-hydrogen) atoms. The third kappa shape index (κ3) is 8.45. The van der Waals surface area contributed by atoms with E-state index in [1.165, 1.54) is 27.9 Å². The van der Waals surface area contributed by atoms with Crippen LogP contribution in [0.4, 0.5) is 5.69 Å². The number of aliphatic hydroxyl groups is 2. The van der Waals surface area contributed by atoms with Crippen LogP contribution in [0, 0.1) is 13.8 Å². The van der Waals surface area contributed by atoms with E-state index in [0.29, 0.717) is 18.1 Å². The molecule has 4 N–H and O–H groups in total. The molecule has 0 aliphatic carbocycles. The number of benzene rings is 3. The Morgan fingerprint density at radius 2 is 1.80 bits per heavy atom. The van der Waals surface area contributed by atoms with Crippen molar-refractivity contribution >= 4 is 11.7 Å². The minimum Gasteiger partial charge on any atom is -0.488 e. The summed E-state index contributed by atoms with van der Waals surface area (Å²) >= 11 is 0. The van der Waals surface area contributed by atoms with Crippen molar-refractivity contribution in [1.29, 1.82) is 0 Å². The summed E-state index contributed by atoms with van der Waals surface area (Å²) in [5.74, 6) is 0.126. The van der Waals surface area contributed by atoms with Crippen molar-refractivity contribution in [1.82, 2.24) is 15.2 Å². The van der Waals surface area contributed by atoms with Gasteiger partial charge in [-0.15, -0.1) is 0 Å². The van der Waals surface area contributed by atoms with E-state index in [-0.39, 0.29) is 19.3 Å². The molecule has 1 aromatic heterocycles. The third-order valence-electron chi connectivity index (χ3n) is 9.89. The highest BCUT2D eigenvalue weighted by Crippen LogP contribution is 2.38. The molecule has 3 heterocycles. The SMILES string of the molecule is Cc1cc(CN[C@@H](CO)C(=O)O)c(OCc2cccnc2)cc1OCc1cccc(-c2cccc3c2CCN3CCCN2CCC(O)C2)c1C. The van der Waals surface area contributed by atoms with Crippen LogP contribution in [-0.2, 0) is 31.0 Å². The molecule has 2 aliphatic heterocycles. The van der Waals surface area contributed by atoms with Gasteiger partial charge in [0.25, 0.3) is 0 Å². The van der Waals surface area contributed by atoms with Gasteiger partial charge >= 0.3 is 5.97 Å². The molecular weight excluding hydrogens is 632 g/mol. The lowest BCUT2D eigenvalue weighted by atomic mass is 9.92. The Morgan fingerprint density at radius 1 is 0.980 bits per heavy atom. The van der Waals surface area contributed by atoms with Crippen LogP contribution in [0.25, 0.3) is 11.1 Å². The Labute approximate surface area is 294 Å². The number of rotatable bonds is 16. The van der Waals surface area contributed by atoms with Gasteiger partial charge in [0.05, 0.1) is 12.7 Å². The maximum atomic E-state index is 11.5. The number of hydrogen-bond acceptors (Lipinski definition) is 9. The number of aryl methyl sites for hydroxylation is 1. The smallest absolute Gasteiger partial charge is 0.323 e. The van der Waals surface area contributed by atoms with Crippen molar-refractivity contribution in [2.75, 3.05) is 44.2 Å². The lowest BCUT2D eigenvalue weighted by molar-refractivity contribution is -0.140. The molecule has 0 bridgehead atoms. The van der Waals surface area contributed by atoms with Gasteiger partial charge in [0.15, 0.2) is 0 Å². The molecule has 4 aromatic rings. The fraction of sp³-hybridized carbons (Fsp3) is 0.400. The van der Waals surface area contributed by atoms with Crippen LogP contribution in [0.3, 0.4) is 0 Å². The van der Waals surface area contributed by atoms with Crippen LogP contribution in [0.5, 0.6) is 11.5 Å². The largest absolute Gasteiger partial charge is 0.488 e. The number of anilines is 1. The second-order valence-corrected chi connectivity index (χ2v) is 13.3. The maximum absolute atomic E-state index is 11.5. The normalized spacial score (nSPS) is 16.4. The first-order valence-electron chi connectivity index (χ1n) is 17.5. The molecule has 1 unspecified atom stereocenters. The second kappa shape index (κ2) is 16.5. The number of pyridine rings is 1. The summed E-state index contributed by atoms with van der Waals surface area (Å²) in [6.07, 6.45) is 6.26. The van der Waals surface area contributed by atoms with E-state index in [4.69, 9.17) is 9.47 Å². The van der Waals surface area contributed by atoms with E-state index in [9.17, 15) is 20.1 Å². The summed E-state index contributed by atoms with van der Waals surface area (Å²) in [6, 6.07) is 19.5. The standard InChI is InChI=1S/C40H48N4O6/c1-27-19-31(22-42-36(24-45)40(47)48)39(49-25-29-7-5-14-41-21-29)20-38(27)50-26-30-8-3-9-33(28(30)2)34-10-4-11-37-35(34)13-18-44(37)16-6-15-43-17-12-32(46)23-43/h3-5,7-11,14,19-21,32,36,42,45-46H,6,12-13,15-18,22-26H2,1-2H3,(H,47,48)/t32?,36-/m0/s1. The topological polar surface area (TPSA) is 128 Å². The summed E-state index contributed by atoms with van der Waals surface area (Å²) < 4.78 is 12.7. The molecule has 2 atom stereocenters. The Balaban J connectivity index is 1.17. The summed E-state index contributed by atoms with van der Waals surface area (Å²) in [5.41, 5.74) is 10.0. The summed E-state index contributed by atoms with van der Waals surface area (Å²) in [4.78, 5) is 20.5. The second-order valence-electron chi connectivity index (χ2n) is 13.3. The monoisotopic (exact) mass is 680 g/mol. The molecule has 0 amide bonds. The van der Waals surface area contributed by atoms with Crippen molar-refractivity contribution < 1.29 is 29.6 Å². The molecule has 3 aromatic carbocycles. The van der Waals surface area contributed by atoms with Crippen LogP contribution in [0.2, 0.25) is 0 Å². The van der Waals surface area contributed by atoms with Crippen molar-refractivity contribution in [3.05, 3.63) is 106 Å². The lowest BCUT2D eigenvalue weighted by Gasteiger charge is -2.22. The van der Waals surface area contributed by atoms with Gasteiger partial charge in [-0.25, -0.2) is 0 Å². The number of ether oxygens (including phenoxy) is 2. The van der Waals surface area contributed by atoms with Crippen LogP contribution < -0.4 is 19.7 Å². The predicted octanol–water partition coefficient (Wildman–Crippen LogP) is 4.88. The Kier molecular flexibility index (Phi) is 11.7. The molecule has 0 radical (unpaired) electrons. The van der Waals surface area contributed by atoms with Gasteiger partial charge in [0.2, 0.25) is 0 Å². The molecule has 1 saturated heterocycles. The highest BCUT2D eigenvalue weighted by molar-refractivity contribution is 5.79. The van der Waals surface area contributed by atoms with Crippen molar-refractivity contribution in [2.45, 2.75) is 65.0 Å². The average Bonchev–Trinajstić information content (AvgIpc) is 3.74. The molecule has 0 spiro atoms. The zero-order valence-corrected chi connectivity index (χ0v) is 29.0. The molecule has 10 nitrogen and oxygen atoms in total. The first-order valence-corrected chi connectivity index (χ1v) is 17.5. The molecule has 10 heteroatoms. The van der Waals surface area contributed by atoms with Gasteiger partial charge < -0.3 is 34.6 Å². The van der Waals surface area contributed by atoms with Crippen molar-refractivity contribution in [3.8, 4) is 22.6 Å². The average molecular weight is 681 g/mol. The van der Waals surface area contributed by atoms with E-state index in [1.807, 2.05) is 31.2 Å². The van der Waals surface area contributed by atoms with E-state index in [0.717, 1.165) is 74.2 Å². The van der Waals surface area contributed by atoms with Crippen LogP contribution >= 0.6 is 0 Å². The van der Waals surface area contributed by atoms with Crippen molar-refractivity contribution in [2.24, 2.45) is 0 Å². The number of carboxylic acids is 1. The summed E-state index contributed by atoms with van der Waals surface area (Å²) in [7, 11) is 0. The Morgan fingerprint density at radius 3 is 2.56 bits per heavy atom. The molecule has 1 fully saturated rings. The first-order chi connectivity index (χ1) is 24.3. The molecule has 0 saturated carbocycles. The highest BCUT2D eigenvalue weighted by atomic mass is 16.5. The van der Waals surface area contributed by atoms with E-state index in [2.05, 4.69) is 63.4 Å². The van der Waals surface area contributed by atoms with E-state index in [1.54, 1.807) is 12.4 Å². The Bertz CT molecular complexity index is 1770. The maximum Gasteiger partial charge on any atom is 0.323 e. The summed E-state index contributed by atoms with van der Waals surface area (Å²) in [5, 5.41) is 31.7. The minimum absolute atomic E-state index is 0.172. The molecular formula is C40H48N4O6. The van der Waals surface area contributed by atoms with Crippen LogP contribution in [0.15, 0.2) is 73.1 Å². The van der Waals surface area contributed by atoms with E-state index >= 15 is 0 Å². The predicted molar refractivity (Wildman–Crippen MR) is 194 cm³/mol. The van der Waals surface area contributed by atoms with Gasteiger partial charge in [0.1, 0.15) is 30.8 Å². The third-order valence-corrected chi connectivity index (χ3v) is 9.89. The molecule has 2 aliphatic rings. The summed E-state index contributed by atoms with van der Waals surface area (Å²) in [6.45, 7) is 9.30. The number of carbonyl (C=O) groups is 1. The molecule has 6 rings (SSSR count). The quantitative estimate of drug-likeness (QED) is 0.130. The number of likely N-dealkylation sites (tertiary alicyclic amines) is 1. The Hall–Kier alpha value is -4.48.